The summed E-state index contributed by atoms with van der Waals surface area (Å²) >= 11 is 0. The summed E-state index contributed by atoms with van der Waals surface area (Å²) in [7, 11) is 0. The number of H-pyrrole nitrogens is 1. The zero-order valence-electron chi connectivity index (χ0n) is 12.5. The molecule has 1 N–H and O–H groups in total. The molecule has 1 aliphatic carbocycles. The van der Waals surface area contributed by atoms with Crippen molar-refractivity contribution in [2.75, 3.05) is 13.1 Å². The van der Waals surface area contributed by atoms with Crippen LogP contribution < -0.4 is 5.56 Å². The molecule has 0 radical (unpaired) electrons. The number of nitrogens with one attached hydrogen (secondary N) is 1. The molecular formula is C17H16N4O2. The first kappa shape index (κ1) is 13.9. The molecule has 3 heterocycles. The van der Waals surface area contributed by atoms with Gasteiger partial charge in [0.25, 0.3) is 11.5 Å². The molecule has 6 heteroatoms. The average molecular weight is 308 g/mol. The predicted octanol–water partition coefficient (Wildman–Crippen LogP) is 1.58. The van der Waals surface area contributed by atoms with Crippen molar-refractivity contribution in [1.82, 2.24) is 19.9 Å². The molecule has 0 spiro atoms. The second kappa shape index (κ2) is 5.46. The van der Waals surface area contributed by atoms with Gasteiger partial charge >= 0.3 is 0 Å². The summed E-state index contributed by atoms with van der Waals surface area (Å²) in [5.74, 6) is 0.742. The average Bonchev–Trinajstić information content (AvgIpc) is 3.31. The minimum Gasteiger partial charge on any atom is -0.329 e. The third kappa shape index (κ3) is 2.79. The van der Waals surface area contributed by atoms with Crippen LogP contribution in [0.1, 0.15) is 40.6 Å². The van der Waals surface area contributed by atoms with E-state index in [1.807, 2.05) is 18.2 Å². The van der Waals surface area contributed by atoms with Gasteiger partial charge in [-0.3, -0.25) is 14.6 Å². The van der Waals surface area contributed by atoms with Crippen molar-refractivity contribution in [3.05, 3.63) is 64.1 Å². The minimum atomic E-state index is -0.259. The highest BCUT2D eigenvalue weighted by molar-refractivity contribution is 5.94. The number of amides is 1. The Balaban J connectivity index is 1.54. The monoisotopic (exact) mass is 308 g/mol. The summed E-state index contributed by atoms with van der Waals surface area (Å²) < 4.78 is 0. The van der Waals surface area contributed by atoms with E-state index in [0.717, 1.165) is 24.0 Å². The molecule has 0 atom stereocenters. The Morgan fingerprint density at radius 1 is 1.35 bits per heavy atom. The van der Waals surface area contributed by atoms with Gasteiger partial charge in [0, 0.05) is 37.5 Å². The van der Waals surface area contributed by atoms with Gasteiger partial charge in [0.2, 0.25) is 0 Å². The zero-order valence-corrected chi connectivity index (χ0v) is 12.5. The normalized spacial score (nSPS) is 17.2. The lowest BCUT2D eigenvalue weighted by Gasteiger charge is -2.16. The topological polar surface area (TPSA) is 79.0 Å². The Labute approximate surface area is 132 Å². The van der Waals surface area contributed by atoms with E-state index in [9.17, 15) is 9.59 Å². The molecule has 2 aromatic rings. The van der Waals surface area contributed by atoms with E-state index in [0.29, 0.717) is 24.8 Å². The van der Waals surface area contributed by atoms with Gasteiger partial charge in [-0.05, 0) is 30.0 Å². The Bertz CT molecular complexity index is 837. The highest BCUT2D eigenvalue weighted by atomic mass is 16.2. The number of rotatable bonds is 3. The van der Waals surface area contributed by atoms with Crippen molar-refractivity contribution >= 4 is 11.5 Å². The fraction of sp³-hybridized carbons (Fsp3) is 0.294. The molecule has 0 bridgehead atoms. The molecule has 1 fully saturated rings. The van der Waals surface area contributed by atoms with Gasteiger partial charge in [-0.2, -0.15) is 0 Å². The van der Waals surface area contributed by atoms with Crippen LogP contribution in [-0.2, 0) is 0 Å². The lowest BCUT2D eigenvalue weighted by molar-refractivity contribution is 0.0795. The first-order valence-electron chi connectivity index (χ1n) is 7.70. The quantitative estimate of drug-likeness (QED) is 0.933. The van der Waals surface area contributed by atoms with E-state index in [-0.39, 0.29) is 17.2 Å². The SMILES string of the molecule is O=C(c1cc(=O)[nH]c(C2CC2)n1)N1CC=C(c2cccnc2)C1. The van der Waals surface area contributed by atoms with Crippen LogP contribution in [0.5, 0.6) is 0 Å². The van der Waals surface area contributed by atoms with E-state index < -0.39 is 0 Å². The molecule has 0 saturated heterocycles. The summed E-state index contributed by atoms with van der Waals surface area (Å²) in [5, 5.41) is 0. The predicted molar refractivity (Wildman–Crippen MR) is 85.0 cm³/mol. The minimum absolute atomic E-state index is 0.201. The molecule has 23 heavy (non-hydrogen) atoms. The Morgan fingerprint density at radius 2 is 2.22 bits per heavy atom. The molecule has 1 amide bonds. The van der Waals surface area contributed by atoms with E-state index >= 15 is 0 Å². The van der Waals surface area contributed by atoms with Gasteiger partial charge < -0.3 is 9.88 Å². The van der Waals surface area contributed by atoms with Crippen LogP contribution in [-0.4, -0.2) is 38.8 Å². The third-order valence-electron chi connectivity index (χ3n) is 4.18. The van der Waals surface area contributed by atoms with Crippen molar-refractivity contribution in [1.29, 1.82) is 0 Å². The number of aromatic amines is 1. The fourth-order valence-corrected chi connectivity index (χ4v) is 2.77. The molecule has 4 rings (SSSR count). The summed E-state index contributed by atoms with van der Waals surface area (Å²) in [5.41, 5.74) is 2.06. The summed E-state index contributed by atoms with van der Waals surface area (Å²) in [6.07, 6.45) is 7.58. The molecule has 1 aliphatic heterocycles. The second-order valence-electron chi connectivity index (χ2n) is 5.95. The zero-order chi connectivity index (χ0) is 15.8. The van der Waals surface area contributed by atoms with Crippen molar-refractivity contribution in [2.45, 2.75) is 18.8 Å². The number of hydrogen-bond donors (Lipinski definition) is 1. The first-order valence-corrected chi connectivity index (χ1v) is 7.70. The van der Waals surface area contributed by atoms with Gasteiger partial charge in [0.05, 0.1) is 0 Å². The highest BCUT2D eigenvalue weighted by Gasteiger charge is 2.28. The molecule has 2 aromatic heterocycles. The van der Waals surface area contributed by atoms with Gasteiger partial charge in [0.1, 0.15) is 11.5 Å². The summed E-state index contributed by atoms with van der Waals surface area (Å²) in [4.78, 5) is 37.3. The lowest BCUT2D eigenvalue weighted by atomic mass is 10.1. The number of carbonyl (C=O) groups excluding carboxylic acids is 1. The van der Waals surface area contributed by atoms with E-state index in [4.69, 9.17) is 0 Å². The molecule has 116 valence electrons. The number of nitrogens with zero attached hydrogens (tertiary/aromatic N) is 3. The van der Waals surface area contributed by atoms with Crippen LogP contribution in [0, 0.1) is 0 Å². The van der Waals surface area contributed by atoms with Gasteiger partial charge in [-0.1, -0.05) is 12.1 Å². The van der Waals surface area contributed by atoms with Crippen LogP contribution in [0.4, 0.5) is 0 Å². The van der Waals surface area contributed by atoms with Crippen LogP contribution in [0.3, 0.4) is 0 Å². The van der Waals surface area contributed by atoms with Crippen LogP contribution in [0.25, 0.3) is 5.57 Å². The maximum Gasteiger partial charge on any atom is 0.273 e. The van der Waals surface area contributed by atoms with Crippen molar-refractivity contribution in [3.63, 3.8) is 0 Å². The third-order valence-corrected chi connectivity index (χ3v) is 4.18. The smallest absolute Gasteiger partial charge is 0.273 e. The number of hydrogen-bond acceptors (Lipinski definition) is 4. The molecule has 2 aliphatic rings. The summed E-state index contributed by atoms with van der Waals surface area (Å²) in [6.45, 7) is 1.04. The van der Waals surface area contributed by atoms with Gasteiger partial charge in [-0.15, -0.1) is 0 Å². The number of aromatic nitrogens is 3. The van der Waals surface area contributed by atoms with E-state index in [2.05, 4.69) is 15.0 Å². The number of carbonyl (C=O) groups is 1. The second-order valence-corrected chi connectivity index (χ2v) is 5.95. The summed E-state index contributed by atoms with van der Waals surface area (Å²) in [6, 6.07) is 5.14. The maximum absolute atomic E-state index is 12.6. The van der Waals surface area contributed by atoms with Gasteiger partial charge in [0.15, 0.2) is 0 Å². The largest absolute Gasteiger partial charge is 0.329 e. The van der Waals surface area contributed by atoms with Crippen molar-refractivity contribution < 1.29 is 4.79 Å². The Kier molecular flexibility index (Phi) is 3.29. The Hall–Kier alpha value is -2.76. The molecule has 6 nitrogen and oxygen atoms in total. The first-order chi connectivity index (χ1) is 11.2. The fourth-order valence-electron chi connectivity index (χ4n) is 2.77. The molecule has 1 saturated carbocycles. The van der Waals surface area contributed by atoms with Crippen molar-refractivity contribution in [3.8, 4) is 0 Å². The maximum atomic E-state index is 12.6. The Morgan fingerprint density at radius 3 is 2.96 bits per heavy atom. The molecule has 0 unspecified atom stereocenters. The van der Waals surface area contributed by atoms with E-state index in [1.165, 1.54) is 6.07 Å². The van der Waals surface area contributed by atoms with Crippen LogP contribution >= 0.6 is 0 Å². The number of pyridine rings is 1. The highest BCUT2D eigenvalue weighted by Crippen LogP contribution is 2.37. The van der Waals surface area contributed by atoms with Gasteiger partial charge in [-0.25, -0.2) is 4.98 Å². The van der Waals surface area contributed by atoms with Crippen molar-refractivity contribution in [2.24, 2.45) is 0 Å². The standard InChI is InChI=1S/C17H16N4O2/c22-15-8-14(19-16(20-15)11-3-4-11)17(23)21-7-5-13(10-21)12-2-1-6-18-9-12/h1-2,5-6,8-9,11H,3-4,7,10H2,(H,19,20,22). The van der Waals surface area contributed by atoms with E-state index in [1.54, 1.807) is 17.3 Å². The lowest BCUT2D eigenvalue weighted by Crippen LogP contribution is -2.31. The molecule has 0 aromatic carbocycles. The van der Waals surface area contributed by atoms with Crippen LogP contribution in [0.15, 0.2) is 41.5 Å². The molecular weight excluding hydrogens is 292 g/mol. The van der Waals surface area contributed by atoms with Crippen LogP contribution in [0.2, 0.25) is 0 Å².